The fraction of sp³-hybridized carbons (Fsp3) is 0.684. The lowest BCUT2D eigenvalue weighted by Crippen LogP contribution is -2.37. The lowest BCUT2D eigenvalue weighted by Gasteiger charge is -2.35. The van der Waals surface area contributed by atoms with Crippen LogP contribution in [-0.4, -0.2) is 24.2 Å². The highest BCUT2D eigenvalue weighted by Gasteiger charge is 2.33. The van der Waals surface area contributed by atoms with Gasteiger partial charge in [-0.3, -0.25) is 0 Å². The molecule has 0 aliphatic rings. The van der Waals surface area contributed by atoms with Crippen molar-refractivity contribution in [1.82, 2.24) is 0 Å². The summed E-state index contributed by atoms with van der Waals surface area (Å²) in [4.78, 5) is -0.367. The van der Waals surface area contributed by atoms with Gasteiger partial charge in [0.2, 0.25) is 0 Å². The van der Waals surface area contributed by atoms with Crippen LogP contribution in [0.15, 0.2) is 60.7 Å². The van der Waals surface area contributed by atoms with Crippen LogP contribution in [0.3, 0.4) is 0 Å². The number of nitrogens with two attached hydrogens (primary N) is 1. The first-order valence-electron chi connectivity index (χ1n) is 17.3. The fourth-order valence-electron chi connectivity index (χ4n) is 5.56. The third-order valence-electron chi connectivity index (χ3n) is 8.09. The summed E-state index contributed by atoms with van der Waals surface area (Å²) in [5.41, 5.74) is 8.87. The maximum Gasteiger partial charge on any atom is 0.118 e. The average Bonchev–Trinajstić information content (AvgIpc) is 3.01. The van der Waals surface area contributed by atoms with E-state index in [9.17, 15) is 0 Å². The molecule has 0 aliphatic heterocycles. The van der Waals surface area contributed by atoms with Crippen LogP contribution in [0.4, 0.5) is 0 Å². The first-order valence-corrected chi connectivity index (χ1v) is 18.3. The summed E-state index contributed by atoms with van der Waals surface area (Å²) in [7, 11) is 0. The van der Waals surface area contributed by atoms with Crippen LogP contribution in [0.2, 0.25) is 0 Å². The standard InChI is InChI=1S/C38H63NO2S/c1-3-4-5-6-7-8-9-10-11-12-13-14-15-16-17-24-30-40-31-29-38(32-35(2)39,41-33-36-25-20-18-21-26-36)42-34-37-27-22-19-23-28-37/h18-23,25-28,35H,3-17,24,29-34,39H2,1-2H3. The third-order valence-corrected chi connectivity index (χ3v) is 9.58. The highest BCUT2D eigenvalue weighted by Crippen LogP contribution is 2.38. The second-order valence-corrected chi connectivity index (χ2v) is 13.6. The van der Waals surface area contributed by atoms with Gasteiger partial charge in [-0.2, -0.15) is 0 Å². The van der Waals surface area contributed by atoms with E-state index in [0.717, 1.165) is 31.6 Å². The molecule has 2 aromatic carbocycles. The van der Waals surface area contributed by atoms with Crippen LogP contribution >= 0.6 is 11.8 Å². The normalized spacial score (nSPS) is 13.7. The molecule has 0 bridgehead atoms. The SMILES string of the molecule is CCCCCCCCCCCCCCCCCCOCCC(CC(C)N)(OCc1ccccc1)SCc1ccccc1. The van der Waals surface area contributed by atoms with Gasteiger partial charge in [-0.25, -0.2) is 0 Å². The molecule has 42 heavy (non-hydrogen) atoms. The predicted octanol–water partition coefficient (Wildman–Crippen LogP) is 11.2. The smallest absolute Gasteiger partial charge is 0.118 e. The summed E-state index contributed by atoms with van der Waals surface area (Å²) in [5.74, 6) is 0.904. The Morgan fingerprint density at radius 1 is 0.643 bits per heavy atom. The first kappa shape index (κ1) is 36.9. The monoisotopic (exact) mass is 597 g/mol. The van der Waals surface area contributed by atoms with E-state index in [1.54, 1.807) is 0 Å². The van der Waals surface area contributed by atoms with E-state index < -0.39 is 0 Å². The van der Waals surface area contributed by atoms with Crippen LogP contribution in [-0.2, 0) is 21.8 Å². The molecule has 4 heteroatoms. The summed E-state index contributed by atoms with van der Waals surface area (Å²) in [5, 5.41) is 0. The Labute approximate surface area is 264 Å². The molecule has 2 N–H and O–H groups in total. The number of ether oxygens (including phenoxy) is 2. The molecule has 238 valence electrons. The molecule has 0 radical (unpaired) electrons. The van der Waals surface area contributed by atoms with Crippen LogP contribution in [0.1, 0.15) is 141 Å². The highest BCUT2D eigenvalue weighted by molar-refractivity contribution is 7.99. The number of hydrogen-bond acceptors (Lipinski definition) is 4. The zero-order valence-corrected chi connectivity index (χ0v) is 28.0. The molecule has 0 saturated carbocycles. The summed E-state index contributed by atoms with van der Waals surface area (Å²) >= 11 is 1.88. The molecule has 3 nitrogen and oxygen atoms in total. The van der Waals surface area contributed by atoms with Gasteiger partial charge in [-0.15, -0.1) is 11.8 Å². The van der Waals surface area contributed by atoms with Gasteiger partial charge in [0.25, 0.3) is 0 Å². The molecule has 0 amide bonds. The van der Waals surface area contributed by atoms with Crippen molar-refractivity contribution < 1.29 is 9.47 Å². The third kappa shape index (κ3) is 19.1. The minimum Gasteiger partial charge on any atom is -0.381 e. The Bertz CT molecular complexity index is 801. The topological polar surface area (TPSA) is 44.5 Å². The predicted molar refractivity (Wildman–Crippen MR) is 185 cm³/mol. The minimum atomic E-state index is -0.367. The lowest BCUT2D eigenvalue weighted by molar-refractivity contribution is -0.0205. The zero-order valence-electron chi connectivity index (χ0n) is 27.2. The second-order valence-electron chi connectivity index (χ2n) is 12.3. The highest BCUT2D eigenvalue weighted by atomic mass is 32.2. The van der Waals surface area contributed by atoms with E-state index in [1.807, 2.05) is 11.8 Å². The minimum absolute atomic E-state index is 0.0596. The van der Waals surface area contributed by atoms with Gasteiger partial charge in [-0.1, -0.05) is 164 Å². The maximum atomic E-state index is 6.69. The summed E-state index contributed by atoms with van der Waals surface area (Å²) in [6, 6.07) is 21.2. The number of thioether (sulfide) groups is 1. The molecule has 2 rings (SSSR count). The van der Waals surface area contributed by atoms with Crippen molar-refractivity contribution in [2.45, 2.75) is 153 Å². The van der Waals surface area contributed by atoms with Gasteiger partial charge in [0.05, 0.1) is 13.2 Å². The van der Waals surface area contributed by atoms with Crippen molar-refractivity contribution >= 4 is 11.8 Å². The van der Waals surface area contributed by atoms with Crippen LogP contribution in [0.25, 0.3) is 0 Å². The Morgan fingerprint density at radius 2 is 1.12 bits per heavy atom. The van der Waals surface area contributed by atoms with Gasteiger partial charge >= 0.3 is 0 Å². The molecule has 2 atom stereocenters. The van der Waals surface area contributed by atoms with Gasteiger partial charge < -0.3 is 15.2 Å². The van der Waals surface area contributed by atoms with Crippen molar-refractivity contribution in [3.8, 4) is 0 Å². The molecular weight excluding hydrogens is 534 g/mol. The van der Waals surface area contributed by atoms with Gasteiger partial charge in [0.1, 0.15) is 4.93 Å². The average molecular weight is 598 g/mol. The van der Waals surface area contributed by atoms with Gasteiger partial charge in [0.15, 0.2) is 0 Å². The molecule has 0 aromatic heterocycles. The van der Waals surface area contributed by atoms with E-state index in [1.165, 1.54) is 107 Å². The molecule has 0 spiro atoms. The van der Waals surface area contributed by atoms with Crippen LogP contribution in [0, 0.1) is 0 Å². The molecule has 2 aromatic rings. The van der Waals surface area contributed by atoms with Gasteiger partial charge in [0, 0.05) is 31.2 Å². The molecule has 0 fully saturated rings. The Morgan fingerprint density at radius 3 is 1.62 bits per heavy atom. The number of hydrogen-bond donors (Lipinski definition) is 1. The largest absolute Gasteiger partial charge is 0.381 e. The van der Waals surface area contributed by atoms with Crippen molar-refractivity contribution in [2.24, 2.45) is 5.73 Å². The zero-order chi connectivity index (χ0) is 30.0. The lowest BCUT2D eigenvalue weighted by atomic mass is 10.0. The summed E-state index contributed by atoms with van der Waals surface area (Å²) in [6.45, 7) is 6.52. The van der Waals surface area contributed by atoms with Crippen molar-refractivity contribution in [3.63, 3.8) is 0 Å². The van der Waals surface area contributed by atoms with E-state index >= 15 is 0 Å². The summed E-state index contributed by atoms with van der Waals surface area (Å²) in [6.07, 6.45) is 23.9. The first-order chi connectivity index (χ1) is 20.6. The van der Waals surface area contributed by atoms with E-state index in [4.69, 9.17) is 15.2 Å². The van der Waals surface area contributed by atoms with E-state index in [0.29, 0.717) is 13.2 Å². The van der Waals surface area contributed by atoms with E-state index in [2.05, 4.69) is 74.5 Å². The molecule has 0 saturated heterocycles. The molecule has 0 aliphatic carbocycles. The summed E-state index contributed by atoms with van der Waals surface area (Å²) < 4.78 is 12.8. The van der Waals surface area contributed by atoms with Crippen molar-refractivity contribution in [2.75, 3.05) is 13.2 Å². The van der Waals surface area contributed by atoms with Crippen LogP contribution in [0.5, 0.6) is 0 Å². The Hall–Kier alpha value is -1.33. The van der Waals surface area contributed by atoms with E-state index in [-0.39, 0.29) is 11.0 Å². The number of benzene rings is 2. The molecule has 2 unspecified atom stereocenters. The Kier molecular flexibility index (Phi) is 22.0. The van der Waals surface area contributed by atoms with Crippen LogP contribution < -0.4 is 5.73 Å². The van der Waals surface area contributed by atoms with Crippen molar-refractivity contribution in [1.29, 1.82) is 0 Å². The van der Waals surface area contributed by atoms with Gasteiger partial charge in [-0.05, 0) is 24.5 Å². The Balaban J connectivity index is 1.59. The quantitative estimate of drug-likeness (QED) is 0.0782. The maximum absolute atomic E-state index is 6.69. The molecule has 0 heterocycles. The fourth-order valence-corrected chi connectivity index (χ4v) is 6.93. The van der Waals surface area contributed by atoms with Crippen molar-refractivity contribution in [3.05, 3.63) is 71.8 Å². The second kappa shape index (κ2) is 25.0. The molecular formula is C38H63NO2S. The number of rotatable bonds is 28. The number of unbranched alkanes of at least 4 members (excludes halogenated alkanes) is 15.